The van der Waals surface area contributed by atoms with Crippen molar-refractivity contribution in [3.8, 4) is 0 Å². The minimum atomic E-state index is -3.72. The van der Waals surface area contributed by atoms with Gasteiger partial charge in [0, 0.05) is 18.7 Å². The van der Waals surface area contributed by atoms with Crippen molar-refractivity contribution in [1.82, 2.24) is 0 Å². The van der Waals surface area contributed by atoms with Gasteiger partial charge in [0.25, 0.3) is 0 Å². The van der Waals surface area contributed by atoms with E-state index < -0.39 is 21.8 Å². The smallest absolute Gasteiger partial charge is 0.339 e. The first kappa shape index (κ1) is 23.6. The van der Waals surface area contributed by atoms with E-state index in [0.29, 0.717) is 5.69 Å². The van der Waals surface area contributed by atoms with E-state index >= 15 is 0 Å². The summed E-state index contributed by atoms with van der Waals surface area (Å²) in [6.07, 6.45) is 1.15. The number of amides is 1. The van der Waals surface area contributed by atoms with Crippen LogP contribution in [-0.2, 0) is 19.6 Å². The second-order valence-corrected chi connectivity index (χ2v) is 8.67. The van der Waals surface area contributed by atoms with Gasteiger partial charge in [-0.05, 0) is 43.7 Å². The van der Waals surface area contributed by atoms with Gasteiger partial charge in [-0.25, -0.2) is 17.6 Å². The summed E-state index contributed by atoms with van der Waals surface area (Å²) in [5.41, 5.74) is 0.499. The van der Waals surface area contributed by atoms with Crippen molar-refractivity contribution < 1.29 is 27.1 Å². The molecule has 1 amide bonds. The summed E-state index contributed by atoms with van der Waals surface area (Å²) in [6, 6.07) is 9.91. The Morgan fingerprint density at radius 1 is 1.20 bits per heavy atom. The van der Waals surface area contributed by atoms with Gasteiger partial charge in [0.05, 0.1) is 29.1 Å². The van der Waals surface area contributed by atoms with Crippen molar-refractivity contribution in [2.45, 2.75) is 19.8 Å². The molecule has 0 aliphatic rings. The molecule has 0 unspecified atom stereocenters. The maximum atomic E-state index is 14.0. The van der Waals surface area contributed by atoms with E-state index in [1.165, 1.54) is 42.5 Å². The molecule has 2 aromatic rings. The molecule has 162 valence electrons. The van der Waals surface area contributed by atoms with Gasteiger partial charge < -0.3 is 10.1 Å². The van der Waals surface area contributed by atoms with Crippen LogP contribution in [0, 0.1) is 5.82 Å². The number of hydrogen-bond donors (Lipinski definition) is 1. The summed E-state index contributed by atoms with van der Waals surface area (Å²) in [5, 5.41) is 2.76. The molecule has 10 heteroatoms. The Kier molecular flexibility index (Phi) is 8.19. The highest BCUT2D eigenvalue weighted by Crippen LogP contribution is 2.23. The molecule has 0 saturated heterocycles. The van der Waals surface area contributed by atoms with E-state index in [4.69, 9.17) is 16.3 Å². The number of carbonyl (C=O) groups is 2. The number of nitrogens with one attached hydrogen (secondary N) is 1. The Balaban J connectivity index is 1.98. The molecule has 30 heavy (non-hydrogen) atoms. The number of esters is 1. The number of benzene rings is 2. The van der Waals surface area contributed by atoms with Gasteiger partial charge in [0.2, 0.25) is 15.9 Å². The van der Waals surface area contributed by atoms with Crippen LogP contribution in [0.1, 0.15) is 30.1 Å². The topological polar surface area (TPSA) is 92.8 Å². The molecule has 0 radical (unpaired) electrons. The lowest BCUT2D eigenvalue weighted by Crippen LogP contribution is -2.32. The second-order valence-electron chi connectivity index (χ2n) is 6.35. The Labute approximate surface area is 179 Å². The van der Waals surface area contributed by atoms with Crippen LogP contribution in [0.25, 0.3) is 0 Å². The van der Waals surface area contributed by atoms with E-state index in [-0.39, 0.29) is 48.2 Å². The van der Waals surface area contributed by atoms with Crippen LogP contribution in [0.4, 0.5) is 15.8 Å². The summed E-state index contributed by atoms with van der Waals surface area (Å²) in [7, 11) is -3.72. The predicted octanol–water partition coefficient (Wildman–Crippen LogP) is 3.84. The third-order valence-corrected chi connectivity index (χ3v) is 5.53. The molecule has 0 bridgehead atoms. The highest BCUT2D eigenvalue weighted by molar-refractivity contribution is 7.92. The molecule has 2 aromatic carbocycles. The number of para-hydroxylation sites is 1. The lowest BCUT2D eigenvalue weighted by atomic mass is 10.2. The third-order valence-electron chi connectivity index (χ3n) is 4.03. The summed E-state index contributed by atoms with van der Waals surface area (Å²) in [5.74, 6) is -1.60. The molecule has 0 saturated carbocycles. The van der Waals surface area contributed by atoms with Crippen LogP contribution in [0.3, 0.4) is 0 Å². The highest BCUT2D eigenvalue weighted by atomic mass is 35.5. The molecule has 1 N–H and O–H groups in total. The molecular weight excluding hydrogens is 435 g/mol. The first-order chi connectivity index (χ1) is 14.1. The monoisotopic (exact) mass is 456 g/mol. The fourth-order valence-corrected chi connectivity index (χ4v) is 3.92. The lowest BCUT2D eigenvalue weighted by molar-refractivity contribution is -0.116. The number of anilines is 2. The Morgan fingerprint density at radius 2 is 1.90 bits per heavy atom. The van der Waals surface area contributed by atoms with Crippen molar-refractivity contribution in [2.75, 3.05) is 29.0 Å². The fourth-order valence-electron chi connectivity index (χ4n) is 2.69. The quantitative estimate of drug-likeness (QED) is 0.579. The van der Waals surface area contributed by atoms with Crippen molar-refractivity contribution >= 4 is 44.9 Å². The summed E-state index contributed by atoms with van der Waals surface area (Å²) in [6.45, 7) is 1.83. The van der Waals surface area contributed by atoms with Crippen LogP contribution in [-0.4, -0.2) is 39.7 Å². The zero-order valence-corrected chi connectivity index (χ0v) is 18.1. The van der Waals surface area contributed by atoms with Gasteiger partial charge >= 0.3 is 5.97 Å². The van der Waals surface area contributed by atoms with Crippen molar-refractivity contribution in [2.24, 2.45) is 0 Å². The normalized spacial score (nSPS) is 11.1. The highest BCUT2D eigenvalue weighted by Gasteiger charge is 2.20. The molecule has 0 heterocycles. The summed E-state index contributed by atoms with van der Waals surface area (Å²) in [4.78, 5) is 23.9. The molecule has 0 atom stereocenters. The third kappa shape index (κ3) is 6.43. The summed E-state index contributed by atoms with van der Waals surface area (Å²) >= 11 is 6.06. The molecule has 0 aromatic heterocycles. The van der Waals surface area contributed by atoms with Gasteiger partial charge in [-0.2, -0.15) is 0 Å². The Morgan fingerprint density at radius 3 is 2.50 bits per heavy atom. The average Bonchev–Trinajstić information content (AvgIpc) is 2.65. The number of ether oxygens (including phenoxy) is 1. The van der Waals surface area contributed by atoms with Crippen LogP contribution < -0.4 is 9.62 Å². The standard InChI is InChI=1S/C20H22ClFN2O5S/c1-3-29-20(26)15-11-10-14(13-16(15)21)23-19(25)9-6-12-24(30(2,27)28)18-8-5-4-7-17(18)22/h4-5,7-8,10-11,13H,3,6,9,12H2,1-2H3,(H,23,25). The first-order valence-electron chi connectivity index (χ1n) is 9.12. The number of sulfonamides is 1. The molecule has 0 fully saturated rings. The molecule has 2 rings (SSSR count). The van der Waals surface area contributed by atoms with Gasteiger partial charge in [-0.1, -0.05) is 23.7 Å². The van der Waals surface area contributed by atoms with Crippen LogP contribution in [0.5, 0.6) is 0 Å². The molecule has 0 aliphatic heterocycles. The summed E-state index contributed by atoms with van der Waals surface area (Å²) < 4.78 is 43.9. The maximum absolute atomic E-state index is 14.0. The van der Waals surface area contributed by atoms with E-state index in [1.54, 1.807) is 6.92 Å². The minimum absolute atomic E-state index is 0.00226. The Hall–Kier alpha value is -2.65. The van der Waals surface area contributed by atoms with Gasteiger partial charge in [0.15, 0.2) is 0 Å². The van der Waals surface area contributed by atoms with Crippen LogP contribution in [0.2, 0.25) is 5.02 Å². The first-order valence-corrected chi connectivity index (χ1v) is 11.3. The van der Waals surface area contributed by atoms with Gasteiger partial charge in [-0.3, -0.25) is 9.10 Å². The number of halogens is 2. The fraction of sp³-hybridized carbons (Fsp3) is 0.300. The second kappa shape index (κ2) is 10.4. The predicted molar refractivity (Wildman–Crippen MR) is 114 cm³/mol. The van der Waals surface area contributed by atoms with Crippen molar-refractivity contribution in [3.63, 3.8) is 0 Å². The minimum Gasteiger partial charge on any atom is -0.462 e. The van der Waals surface area contributed by atoms with Gasteiger partial charge in [0.1, 0.15) is 5.82 Å². The molecular formula is C20H22ClFN2O5S. The largest absolute Gasteiger partial charge is 0.462 e. The zero-order chi connectivity index (χ0) is 22.3. The lowest BCUT2D eigenvalue weighted by Gasteiger charge is -2.22. The number of hydrogen-bond acceptors (Lipinski definition) is 5. The SMILES string of the molecule is CCOC(=O)c1ccc(NC(=O)CCCN(c2ccccc2F)S(C)(=O)=O)cc1Cl. The number of nitrogens with zero attached hydrogens (tertiary/aromatic N) is 1. The van der Waals surface area contributed by atoms with Crippen LogP contribution in [0.15, 0.2) is 42.5 Å². The van der Waals surface area contributed by atoms with E-state index in [1.807, 2.05) is 0 Å². The molecule has 0 spiro atoms. The maximum Gasteiger partial charge on any atom is 0.339 e. The van der Waals surface area contributed by atoms with E-state index in [9.17, 15) is 22.4 Å². The average molecular weight is 457 g/mol. The Bertz CT molecular complexity index is 1030. The molecule has 7 nitrogen and oxygen atoms in total. The zero-order valence-electron chi connectivity index (χ0n) is 16.5. The van der Waals surface area contributed by atoms with Gasteiger partial charge in [-0.15, -0.1) is 0 Å². The van der Waals surface area contributed by atoms with E-state index in [0.717, 1.165) is 10.6 Å². The van der Waals surface area contributed by atoms with Crippen LogP contribution >= 0.6 is 11.6 Å². The number of rotatable bonds is 9. The van der Waals surface area contributed by atoms with E-state index in [2.05, 4.69) is 5.32 Å². The van der Waals surface area contributed by atoms with Crippen molar-refractivity contribution in [1.29, 1.82) is 0 Å². The molecule has 0 aliphatic carbocycles. The van der Waals surface area contributed by atoms with Crippen molar-refractivity contribution in [3.05, 3.63) is 58.9 Å². The number of carbonyl (C=O) groups excluding carboxylic acids is 2.